The molecule has 0 bridgehead atoms. The number of hydrogen-bond acceptors (Lipinski definition) is 5. The number of carbonyl (C=O) groups excluding carboxylic acids is 1. The van der Waals surface area contributed by atoms with Gasteiger partial charge >= 0.3 is 261 Å². The van der Waals surface area contributed by atoms with Gasteiger partial charge in [-0.3, -0.25) is 0 Å². The van der Waals surface area contributed by atoms with E-state index < -0.39 is 70.2 Å². The van der Waals surface area contributed by atoms with E-state index in [0.717, 1.165) is 0 Å². The van der Waals surface area contributed by atoms with Crippen LogP contribution in [0, 0.1) is 0 Å². The number of unbranched alkanes of at least 4 members (excludes halogenated alkanes) is 6. The monoisotopic (exact) mass is 974 g/mol. The molecule has 0 spiro atoms. The molecule has 4 nitrogen and oxygen atoms in total. The zero-order chi connectivity index (χ0) is 27.9. The van der Waals surface area contributed by atoms with Gasteiger partial charge < -0.3 is 0 Å². The van der Waals surface area contributed by atoms with Crippen LogP contribution in [0.1, 0.15) is 125 Å². The molecule has 0 fully saturated rings. The Kier molecular flexibility index (Phi) is 29.2. The van der Waals surface area contributed by atoms with Gasteiger partial charge in [0.1, 0.15) is 0 Å². The number of aliphatic hydroxyl groups excluding tert-OH is 1. The molecule has 1 N–H and O–H groups in total. The van der Waals surface area contributed by atoms with E-state index in [1.54, 1.807) is 0 Å². The molecular formula is C28H62O4SSn4. The van der Waals surface area contributed by atoms with Gasteiger partial charge in [0.2, 0.25) is 0 Å². The van der Waals surface area contributed by atoms with Crippen LogP contribution in [0.5, 0.6) is 0 Å². The zero-order valence-electron chi connectivity index (χ0n) is 25.4. The van der Waals surface area contributed by atoms with Gasteiger partial charge in [-0.1, -0.05) is 0 Å². The second kappa shape index (κ2) is 27.4. The third kappa shape index (κ3) is 20.1. The molecule has 0 saturated carbocycles. The van der Waals surface area contributed by atoms with Gasteiger partial charge in [-0.25, -0.2) is 0 Å². The van der Waals surface area contributed by atoms with Crippen molar-refractivity contribution < 1.29 is 16.0 Å². The van der Waals surface area contributed by atoms with E-state index in [2.05, 4.69) is 41.5 Å². The van der Waals surface area contributed by atoms with Gasteiger partial charge in [-0.05, 0) is 0 Å². The molecule has 0 rings (SSSR count). The molecule has 0 aliphatic carbocycles. The second-order valence-corrected chi connectivity index (χ2v) is 102. The summed E-state index contributed by atoms with van der Waals surface area (Å²) in [5.41, 5.74) is 0. The van der Waals surface area contributed by atoms with Crippen LogP contribution < -0.4 is 0 Å². The summed E-state index contributed by atoms with van der Waals surface area (Å²) in [4.78, 5) is 13.1. The van der Waals surface area contributed by atoms with Crippen LogP contribution in [0.2, 0.25) is 26.6 Å². The molecule has 0 aromatic carbocycles. The summed E-state index contributed by atoms with van der Waals surface area (Å²) < 4.78 is 21.2. The minimum atomic E-state index is -2.38. The molecule has 0 amide bonds. The van der Waals surface area contributed by atoms with Gasteiger partial charge in [0.15, 0.2) is 0 Å². The Bertz CT molecular complexity index is 554. The van der Waals surface area contributed by atoms with Crippen molar-refractivity contribution in [3.63, 3.8) is 0 Å². The van der Waals surface area contributed by atoms with Crippen molar-refractivity contribution in [1.29, 1.82) is 0 Å². The SMILES string of the molecule is CCC[CH2][SnH]([CH2]CCC)[SnH]([CH2]CCC)[O]C(=O)C(O)CC(=S)[O][SnH]([CH2]CCC)[SnH]([CH2]CCC)[CH2]CCC. The number of rotatable bonds is 25. The molecule has 9 heteroatoms. The van der Waals surface area contributed by atoms with Crippen LogP contribution in [0.4, 0.5) is 0 Å². The first-order chi connectivity index (χ1) is 17.9. The van der Waals surface area contributed by atoms with E-state index >= 15 is 0 Å². The summed E-state index contributed by atoms with van der Waals surface area (Å²) >= 11 is -2.40. The first-order valence-corrected chi connectivity index (χ1v) is 62.4. The Hall–Kier alpha value is 2.51. The molecule has 3 unspecified atom stereocenters. The van der Waals surface area contributed by atoms with E-state index in [9.17, 15) is 9.90 Å². The summed E-state index contributed by atoms with van der Waals surface area (Å²) in [5, 5.41) is 11.4. The molecule has 0 heterocycles. The second-order valence-electron chi connectivity index (χ2n) is 11.1. The fourth-order valence-corrected chi connectivity index (χ4v) is 123. The van der Waals surface area contributed by atoms with Crippen LogP contribution in [0.15, 0.2) is 0 Å². The number of hydrogen-bond donors (Lipinski definition) is 1. The Morgan fingerprint density at radius 3 is 1.30 bits per heavy atom. The molecule has 0 aliphatic heterocycles. The van der Waals surface area contributed by atoms with Crippen molar-refractivity contribution in [2.45, 2.75) is 158 Å². The third-order valence-electron chi connectivity index (χ3n) is 7.63. The minimum absolute atomic E-state index is 0.185. The van der Waals surface area contributed by atoms with Crippen molar-refractivity contribution in [1.82, 2.24) is 0 Å². The van der Waals surface area contributed by atoms with Crippen molar-refractivity contribution in [3.05, 3.63) is 0 Å². The van der Waals surface area contributed by atoms with E-state index in [0.29, 0.717) is 5.05 Å². The standard InChI is InChI=1S/C4H6O4S.6C4H9.4Sn.4H/c5-2(4(7)8)1-3(6)9;6*1-3-4-2;;;;;;;;/h2,5H,1H2,(H,6,9)(H,7,8);6*1,3-4H2,2H3;;;;;;;;/q;;;;;;;;;2*+1;;;;/p-2. The molecule has 37 heavy (non-hydrogen) atoms. The van der Waals surface area contributed by atoms with Crippen LogP contribution >= 0.6 is 12.2 Å². The fourth-order valence-electron chi connectivity index (χ4n) is 5.18. The predicted octanol–water partition coefficient (Wildman–Crippen LogP) is 7.48. The van der Waals surface area contributed by atoms with E-state index in [4.69, 9.17) is 18.4 Å². The van der Waals surface area contributed by atoms with E-state index in [1.165, 1.54) is 104 Å². The average Bonchev–Trinajstić information content (AvgIpc) is 2.89. The van der Waals surface area contributed by atoms with Crippen LogP contribution in [-0.2, 0) is 10.9 Å². The van der Waals surface area contributed by atoms with Crippen molar-refractivity contribution in [3.8, 4) is 0 Å². The number of carbonyl (C=O) groups is 1. The Morgan fingerprint density at radius 1 is 0.622 bits per heavy atom. The average molecular weight is 970 g/mol. The van der Waals surface area contributed by atoms with Gasteiger partial charge in [-0.15, -0.1) is 0 Å². The van der Waals surface area contributed by atoms with Gasteiger partial charge in [-0.2, -0.15) is 0 Å². The van der Waals surface area contributed by atoms with Gasteiger partial charge in [0, 0.05) is 0 Å². The topological polar surface area (TPSA) is 55.8 Å². The summed E-state index contributed by atoms with van der Waals surface area (Å²) in [7, 11) is 0. The molecule has 0 aliphatic rings. The zero-order valence-corrected chi connectivity index (χ0v) is 39.4. The van der Waals surface area contributed by atoms with Crippen LogP contribution in [0.3, 0.4) is 0 Å². The van der Waals surface area contributed by atoms with Crippen molar-refractivity contribution in [2.75, 3.05) is 0 Å². The van der Waals surface area contributed by atoms with Crippen LogP contribution in [0.25, 0.3) is 0 Å². The third-order valence-corrected chi connectivity index (χ3v) is 120. The molecule has 0 radical (unpaired) electrons. The Labute approximate surface area is 257 Å². The summed E-state index contributed by atoms with van der Waals surface area (Å²) in [6.45, 7) is 13.6. The quantitative estimate of drug-likeness (QED) is 0.0761. The molecule has 220 valence electrons. The predicted molar refractivity (Wildman–Crippen MR) is 177 cm³/mol. The summed E-state index contributed by atoms with van der Waals surface area (Å²) in [5.74, 6) is -0.352. The number of aliphatic hydroxyl groups is 1. The van der Waals surface area contributed by atoms with Crippen LogP contribution in [-0.4, -0.2) is 86.3 Å². The summed E-state index contributed by atoms with van der Waals surface area (Å²) in [6.07, 6.45) is 14.2. The molecule has 0 saturated heterocycles. The maximum absolute atomic E-state index is 13.1. The maximum atomic E-state index is 13.1. The number of thiocarbonyl (C=S) groups is 1. The van der Waals surface area contributed by atoms with Gasteiger partial charge in [0.25, 0.3) is 0 Å². The van der Waals surface area contributed by atoms with E-state index in [1.807, 2.05) is 0 Å². The first kappa shape index (κ1) is 39.5. The summed E-state index contributed by atoms with van der Waals surface area (Å²) in [6, 6.07) is 0. The van der Waals surface area contributed by atoms with Gasteiger partial charge in [0.05, 0.1) is 0 Å². The molecule has 0 aromatic rings. The first-order valence-electron chi connectivity index (χ1n) is 16.0. The molecular weight excluding hydrogens is 907 g/mol. The normalized spacial score (nSPS) is 14.1. The van der Waals surface area contributed by atoms with Crippen molar-refractivity contribution in [2.24, 2.45) is 0 Å². The Balaban J connectivity index is 5.24. The van der Waals surface area contributed by atoms with Crippen molar-refractivity contribution >= 4 is 87.3 Å². The molecule has 0 aromatic heterocycles. The van der Waals surface area contributed by atoms with E-state index in [-0.39, 0.29) is 12.4 Å². The fraction of sp³-hybridized carbons (Fsp3) is 0.929. The Morgan fingerprint density at radius 2 is 0.946 bits per heavy atom. The molecule has 3 atom stereocenters.